The van der Waals surface area contributed by atoms with E-state index in [1.165, 1.54) is 0 Å². The van der Waals surface area contributed by atoms with Gasteiger partial charge in [0.05, 0.1) is 6.21 Å². The van der Waals surface area contributed by atoms with Crippen LogP contribution in [-0.2, 0) is 0 Å². The summed E-state index contributed by atoms with van der Waals surface area (Å²) in [6.07, 6.45) is 7.33. The zero-order valence-electron chi connectivity index (χ0n) is 4.20. The van der Waals surface area contributed by atoms with E-state index in [2.05, 4.69) is 4.99 Å². The van der Waals surface area contributed by atoms with Crippen LogP contribution in [0.1, 0.15) is 6.92 Å². The number of nitrogens with zero attached hydrogens (tertiary/aromatic N) is 2. The molecule has 2 heteroatoms. The van der Waals surface area contributed by atoms with Crippen molar-refractivity contribution in [3.63, 3.8) is 0 Å². The van der Waals surface area contributed by atoms with Gasteiger partial charge in [-0.25, -0.2) is 4.58 Å². The number of aliphatic imine (C=N–C) groups is 1. The van der Waals surface area contributed by atoms with Crippen molar-refractivity contribution in [2.45, 2.75) is 6.92 Å². The van der Waals surface area contributed by atoms with Gasteiger partial charge >= 0.3 is 0 Å². The summed E-state index contributed by atoms with van der Waals surface area (Å²) in [6.45, 7) is 1.96. The Labute approximate surface area is 42.5 Å². The fourth-order valence-corrected chi connectivity index (χ4v) is 0.422. The topological polar surface area (TPSA) is 15.4 Å². The average Bonchev–Trinajstić information content (AvgIpc) is 2.14. The first-order chi connectivity index (χ1) is 3.43. The highest BCUT2D eigenvalue weighted by atomic mass is 15.1. The molecule has 1 rings (SSSR count). The smallest absolute Gasteiger partial charge is 0.210 e. The molecule has 1 aliphatic heterocycles. The van der Waals surface area contributed by atoms with E-state index in [4.69, 9.17) is 0 Å². The Morgan fingerprint density at radius 3 is 2.86 bits per heavy atom. The Balaban J connectivity index is 2.79. The zero-order valence-corrected chi connectivity index (χ0v) is 4.20. The Hall–Kier alpha value is -0.920. The fraction of sp³-hybridized carbons (Fsp3) is 0.200. The molecule has 0 aromatic heterocycles. The molecule has 0 aromatic rings. The van der Waals surface area contributed by atoms with Crippen LogP contribution in [0.15, 0.2) is 17.4 Å². The lowest BCUT2D eigenvalue weighted by molar-refractivity contribution is -0.303. The van der Waals surface area contributed by atoms with Gasteiger partial charge in [-0.2, -0.15) is 0 Å². The van der Waals surface area contributed by atoms with Gasteiger partial charge in [0.2, 0.25) is 0 Å². The Morgan fingerprint density at radius 2 is 2.57 bits per heavy atom. The first-order valence-electron chi connectivity index (χ1n) is 2.20. The molecule has 0 N–H and O–H groups in total. The van der Waals surface area contributed by atoms with Gasteiger partial charge < -0.3 is 0 Å². The van der Waals surface area contributed by atoms with Crippen molar-refractivity contribution in [1.82, 2.24) is 0 Å². The van der Waals surface area contributed by atoms with E-state index in [1.807, 2.05) is 23.9 Å². The third kappa shape index (κ3) is 0.738. The Morgan fingerprint density at radius 1 is 1.71 bits per heavy atom. The molecule has 0 aromatic carbocycles. The molecule has 0 radical (unpaired) electrons. The minimum atomic E-state index is 1.75. The highest BCUT2D eigenvalue weighted by Gasteiger charge is 1.93. The number of rotatable bonds is 0. The van der Waals surface area contributed by atoms with E-state index in [0.29, 0.717) is 0 Å². The minimum Gasteiger partial charge on any atom is -0.210 e. The van der Waals surface area contributed by atoms with E-state index < -0.39 is 0 Å². The second-order valence-corrected chi connectivity index (χ2v) is 1.27. The van der Waals surface area contributed by atoms with Crippen LogP contribution in [0.3, 0.4) is 0 Å². The zero-order chi connectivity index (χ0) is 5.11. The lowest BCUT2D eigenvalue weighted by Gasteiger charge is -1.74. The molecule has 0 fully saturated rings. The largest absolute Gasteiger partial charge is 0.290 e. The van der Waals surface area contributed by atoms with Gasteiger partial charge in [-0.1, -0.05) is 4.99 Å². The first-order valence-corrected chi connectivity index (χ1v) is 2.20. The molecule has 1 heterocycles. The first kappa shape index (κ1) is 4.24. The monoisotopic (exact) mass is 95.1 g/mol. The van der Waals surface area contributed by atoms with Crippen LogP contribution >= 0.6 is 0 Å². The second kappa shape index (κ2) is 1.69. The normalized spacial score (nSPS) is 22.1. The van der Waals surface area contributed by atoms with E-state index in [0.717, 1.165) is 0 Å². The van der Waals surface area contributed by atoms with E-state index in [9.17, 15) is 0 Å². The van der Waals surface area contributed by atoms with Crippen LogP contribution < -0.4 is 0 Å². The third-order valence-corrected chi connectivity index (χ3v) is 0.823. The van der Waals surface area contributed by atoms with Gasteiger partial charge in [-0.05, 0) is 6.92 Å². The van der Waals surface area contributed by atoms with Gasteiger partial charge in [0.1, 0.15) is 6.20 Å². The second-order valence-electron chi connectivity index (χ2n) is 1.27. The highest BCUT2D eigenvalue weighted by molar-refractivity contribution is 5.59. The Bertz CT molecular complexity index is 128. The van der Waals surface area contributed by atoms with Crippen LogP contribution in [0.2, 0.25) is 0 Å². The standard InChI is InChI=1S/C5H7N2/c1-2-7-4-3-6-5-7/h2-5H,1H3/q+1. The van der Waals surface area contributed by atoms with Crippen molar-refractivity contribution < 1.29 is 4.58 Å². The summed E-state index contributed by atoms with van der Waals surface area (Å²) in [6, 6.07) is 0. The minimum absolute atomic E-state index is 1.75. The summed E-state index contributed by atoms with van der Waals surface area (Å²) in [5.41, 5.74) is 0. The van der Waals surface area contributed by atoms with Crippen molar-refractivity contribution in [1.29, 1.82) is 0 Å². The van der Waals surface area contributed by atoms with Crippen LogP contribution in [0.5, 0.6) is 0 Å². The van der Waals surface area contributed by atoms with Crippen LogP contribution in [-0.4, -0.2) is 17.1 Å². The van der Waals surface area contributed by atoms with E-state index in [-0.39, 0.29) is 0 Å². The summed E-state index contributed by atoms with van der Waals surface area (Å²) in [5, 5.41) is 0. The predicted molar refractivity (Wildman–Crippen MR) is 29.6 cm³/mol. The molecule has 7 heavy (non-hydrogen) atoms. The van der Waals surface area contributed by atoms with Crippen molar-refractivity contribution in [2.24, 2.45) is 4.99 Å². The maximum Gasteiger partial charge on any atom is 0.290 e. The number of hydrogen-bond donors (Lipinski definition) is 0. The molecule has 36 valence electrons. The molecular formula is C5H7N2+. The summed E-state index contributed by atoms with van der Waals surface area (Å²) >= 11 is 0. The Kier molecular flexibility index (Phi) is 1.02. The summed E-state index contributed by atoms with van der Waals surface area (Å²) in [5.74, 6) is 0. The molecule has 0 saturated carbocycles. The third-order valence-electron chi connectivity index (χ3n) is 0.823. The van der Waals surface area contributed by atoms with Crippen LogP contribution in [0.25, 0.3) is 0 Å². The lowest BCUT2D eigenvalue weighted by Crippen LogP contribution is -1.94. The van der Waals surface area contributed by atoms with Gasteiger partial charge in [-0.3, -0.25) is 0 Å². The lowest BCUT2D eigenvalue weighted by atomic mass is 10.8. The maximum absolute atomic E-state index is 3.82. The molecular weight excluding hydrogens is 88.1 g/mol. The van der Waals surface area contributed by atoms with Gasteiger partial charge in [0, 0.05) is 0 Å². The highest BCUT2D eigenvalue weighted by Crippen LogP contribution is 1.83. The van der Waals surface area contributed by atoms with Crippen molar-refractivity contribution in [2.75, 3.05) is 0 Å². The molecule has 0 saturated heterocycles. The molecule has 2 nitrogen and oxygen atoms in total. The number of hydrogen-bond acceptors (Lipinski definition) is 1. The van der Waals surface area contributed by atoms with Crippen LogP contribution in [0.4, 0.5) is 0 Å². The SMILES string of the molecule is CC=[N+]1C=CN=C1. The van der Waals surface area contributed by atoms with Crippen molar-refractivity contribution in [3.05, 3.63) is 12.4 Å². The summed E-state index contributed by atoms with van der Waals surface area (Å²) < 4.78 is 1.89. The maximum atomic E-state index is 3.82. The summed E-state index contributed by atoms with van der Waals surface area (Å²) in [7, 11) is 0. The van der Waals surface area contributed by atoms with Crippen LogP contribution in [0, 0.1) is 0 Å². The molecule has 0 spiro atoms. The predicted octanol–water partition coefficient (Wildman–Crippen LogP) is 0.603. The quantitative estimate of drug-likeness (QED) is 0.391. The average molecular weight is 95.1 g/mol. The molecule has 0 bridgehead atoms. The van der Waals surface area contributed by atoms with E-state index >= 15 is 0 Å². The molecule has 1 aliphatic rings. The van der Waals surface area contributed by atoms with Crippen molar-refractivity contribution in [3.8, 4) is 0 Å². The van der Waals surface area contributed by atoms with Gasteiger partial charge in [0.25, 0.3) is 6.34 Å². The molecule has 0 unspecified atom stereocenters. The molecule has 0 amide bonds. The van der Waals surface area contributed by atoms with E-state index in [1.54, 1.807) is 12.5 Å². The molecule has 0 aliphatic carbocycles. The van der Waals surface area contributed by atoms with Gasteiger partial charge in [-0.15, -0.1) is 0 Å². The van der Waals surface area contributed by atoms with Gasteiger partial charge in [0.15, 0.2) is 6.20 Å². The summed E-state index contributed by atoms with van der Waals surface area (Å²) in [4.78, 5) is 3.82. The fourth-order valence-electron chi connectivity index (χ4n) is 0.422. The van der Waals surface area contributed by atoms with Crippen molar-refractivity contribution >= 4 is 12.6 Å². The molecule has 0 atom stereocenters.